The van der Waals surface area contributed by atoms with Gasteiger partial charge in [0, 0.05) is 36.8 Å². The molecule has 2 aliphatic heterocycles. The molecular formula is C24H27N5O5. The summed E-state index contributed by atoms with van der Waals surface area (Å²) >= 11 is 0. The molecule has 3 aromatic rings. The Hall–Kier alpha value is -3.66. The number of carbonyl (C=O) groups excluding carboxylic acids is 1. The zero-order chi connectivity index (χ0) is 23.8. The van der Waals surface area contributed by atoms with E-state index in [0.717, 1.165) is 11.1 Å². The Bertz CT molecular complexity index is 1310. The average molecular weight is 466 g/mol. The molecule has 4 heterocycles. The predicted molar refractivity (Wildman–Crippen MR) is 125 cm³/mol. The average Bonchev–Trinajstić information content (AvgIpc) is 3.12. The van der Waals surface area contributed by atoms with Crippen molar-refractivity contribution in [1.82, 2.24) is 19.4 Å². The smallest absolute Gasteiger partial charge is 0.412 e. The van der Waals surface area contributed by atoms with E-state index in [4.69, 9.17) is 9.72 Å². The second-order valence-corrected chi connectivity index (χ2v) is 8.87. The number of imidazole rings is 1. The van der Waals surface area contributed by atoms with Gasteiger partial charge in [-0.15, -0.1) is 0 Å². The van der Waals surface area contributed by atoms with Gasteiger partial charge >= 0.3 is 6.09 Å². The number of nitrogens with one attached hydrogen (secondary N) is 1. The second-order valence-electron chi connectivity index (χ2n) is 8.87. The number of benzene rings is 1. The Balaban J connectivity index is 1.54. The van der Waals surface area contributed by atoms with E-state index in [1.165, 1.54) is 11.0 Å². The van der Waals surface area contributed by atoms with Gasteiger partial charge in [-0.25, -0.2) is 9.78 Å². The molecule has 0 aliphatic carbocycles. The number of fused-ring (bicyclic) bond motifs is 3. The molecule has 0 radical (unpaired) electrons. The normalized spacial score (nSPS) is 17.9. The monoisotopic (exact) mass is 465 g/mol. The Kier molecular flexibility index (Phi) is 5.82. The lowest BCUT2D eigenvalue weighted by Gasteiger charge is -2.33. The lowest BCUT2D eigenvalue weighted by molar-refractivity contribution is -0.125. The summed E-state index contributed by atoms with van der Waals surface area (Å²) in [4.78, 5) is 43.1. The fourth-order valence-corrected chi connectivity index (χ4v) is 4.74. The Morgan fingerprint density at radius 2 is 2.06 bits per heavy atom. The highest BCUT2D eigenvalue weighted by molar-refractivity contribution is 5.95. The standard InChI is InChI=1S/C24H27N5O5/c1-15-5-6-17-18(29(15)24(32)33)7-8-19-23(17)26-20(9-11-27-10-3-2-4-22(27)31)28(19)12-21(30)25-16-13-34-14-16/h2-4,7-8,10,15-16H,5-6,9,11-14H2,1H3,(H,25,30)(H,32,33)/t15-/m0/s1. The van der Waals surface area contributed by atoms with Gasteiger partial charge in [-0.3, -0.25) is 14.5 Å². The summed E-state index contributed by atoms with van der Waals surface area (Å²) in [5.74, 6) is 0.545. The molecule has 10 nitrogen and oxygen atoms in total. The van der Waals surface area contributed by atoms with Crippen molar-refractivity contribution in [2.24, 2.45) is 0 Å². The van der Waals surface area contributed by atoms with Crippen LogP contribution < -0.4 is 15.8 Å². The molecule has 2 aliphatic rings. The summed E-state index contributed by atoms with van der Waals surface area (Å²) < 4.78 is 8.63. The molecule has 178 valence electrons. The van der Waals surface area contributed by atoms with Crippen LogP contribution in [0, 0.1) is 0 Å². The third kappa shape index (κ3) is 4.05. The van der Waals surface area contributed by atoms with Gasteiger partial charge in [-0.1, -0.05) is 6.07 Å². The Labute approximate surface area is 195 Å². The molecule has 0 spiro atoms. The van der Waals surface area contributed by atoms with Crippen molar-refractivity contribution in [3.05, 3.63) is 58.3 Å². The van der Waals surface area contributed by atoms with Crippen molar-refractivity contribution in [3.63, 3.8) is 0 Å². The number of carboxylic acid groups (broad SMARTS) is 1. The van der Waals surface area contributed by atoms with Crippen LogP contribution in [0.4, 0.5) is 10.5 Å². The van der Waals surface area contributed by atoms with Crippen molar-refractivity contribution in [3.8, 4) is 0 Å². The highest BCUT2D eigenvalue weighted by Gasteiger charge is 2.31. The third-order valence-corrected chi connectivity index (χ3v) is 6.58. The van der Waals surface area contributed by atoms with Crippen LogP contribution in [-0.4, -0.2) is 56.5 Å². The number of amides is 2. The molecule has 1 saturated heterocycles. The number of anilines is 1. The quantitative estimate of drug-likeness (QED) is 0.573. The van der Waals surface area contributed by atoms with Gasteiger partial charge in [0.2, 0.25) is 5.91 Å². The fraction of sp³-hybridized carbons (Fsp3) is 0.417. The van der Waals surface area contributed by atoms with E-state index in [1.807, 2.05) is 23.6 Å². The van der Waals surface area contributed by atoms with Crippen molar-refractivity contribution < 1.29 is 19.4 Å². The zero-order valence-corrected chi connectivity index (χ0v) is 18.9. The summed E-state index contributed by atoms with van der Waals surface area (Å²) in [5, 5.41) is 12.7. The number of aromatic nitrogens is 3. The van der Waals surface area contributed by atoms with Crippen LogP contribution in [0.25, 0.3) is 11.0 Å². The minimum absolute atomic E-state index is 0.0204. The number of nitrogens with zero attached hydrogens (tertiary/aromatic N) is 4. The molecule has 2 N–H and O–H groups in total. The summed E-state index contributed by atoms with van der Waals surface area (Å²) in [7, 11) is 0. The van der Waals surface area contributed by atoms with Crippen LogP contribution in [0.15, 0.2) is 41.3 Å². The molecule has 1 fully saturated rings. The van der Waals surface area contributed by atoms with Crippen molar-refractivity contribution in [2.75, 3.05) is 18.1 Å². The largest absolute Gasteiger partial charge is 0.465 e. The van der Waals surface area contributed by atoms with E-state index in [9.17, 15) is 19.5 Å². The summed E-state index contributed by atoms with van der Waals surface area (Å²) in [5.41, 5.74) is 2.92. The van der Waals surface area contributed by atoms with Gasteiger partial charge in [0.05, 0.1) is 36.0 Å². The van der Waals surface area contributed by atoms with E-state index in [2.05, 4.69) is 5.32 Å². The van der Waals surface area contributed by atoms with E-state index in [0.29, 0.717) is 56.0 Å². The number of hydrogen-bond acceptors (Lipinski definition) is 5. The van der Waals surface area contributed by atoms with Gasteiger partial charge < -0.3 is 24.3 Å². The van der Waals surface area contributed by atoms with Gasteiger partial charge in [0.1, 0.15) is 12.4 Å². The van der Waals surface area contributed by atoms with Crippen molar-refractivity contribution in [2.45, 2.75) is 51.4 Å². The number of rotatable bonds is 6. The van der Waals surface area contributed by atoms with E-state index in [1.54, 1.807) is 22.9 Å². The van der Waals surface area contributed by atoms with Gasteiger partial charge in [0.25, 0.3) is 5.56 Å². The number of ether oxygens (including phenoxy) is 1. The van der Waals surface area contributed by atoms with Crippen LogP contribution >= 0.6 is 0 Å². The lowest BCUT2D eigenvalue weighted by atomic mass is 9.96. The summed E-state index contributed by atoms with van der Waals surface area (Å²) in [6.07, 6.45) is 2.59. The third-order valence-electron chi connectivity index (χ3n) is 6.58. The van der Waals surface area contributed by atoms with Crippen molar-refractivity contribution in [1.29, 1.82) is 0 Å². The minimum atomic E-state index is -0.988. The predicted octanol–water partition coefficient (Wildman–Crippen LogP) is 1.77. The first-order valence-electron chi connectivity index (χ1n) is 11.5. The van der Waals surface area contributed by atoms with Crippen LogP contribution in [0.2, 0.25) is 0 Å². The fourth-order valence-electron chi connectivity index (χ4n) is 4.74. The Morgan fingerprint density at radius 3 is 2.76 bits per heavy atom. The maximum atomic E-state index is 12.8. The SMILES string of the molecule is C[C@H]1CCc2c(ccc3c2nc(CCn2ccccc2=O)n3CC(=O)NC2COC2)N1C(=O)O. The first kappa shape index (κ1) is 22.1. The summed E-state index contributed by atoms with van der Waals surface area (Å²) in [6, 6.07) is 8.56. The summed E-state index contributed by atoms with van der Waals surface area (Å²) in [6.45, 7) is 3.43. The van der Waals surface area contributed by atoms with Crippen LogP contribution in [-0.2, 0) is 35.5 Å². The van der Waals surface area contributed by atoms with E-state index >= 15 is 0 Å². The lowest BCUT2D eigenvalue weighted by Crippen LogP contribution is -2.49. The maximum Gasteiger partial charge on any atom is 0.412 e. The first-order valence-corrected chi connectivity index (χ1v) is 11.5. The Morgan fingerprint density at radius 1 is 1.24 bits per heavy atom. The minimum Gasteiger partial charge on any atom is -0.465 e. The molecule has 10 heteroatoms. The number of pyridine rings is 1. The number of hydrogen-bond donors (Lipinski definition) is 2. The molecule has 0 unspecified atom stereocenters. The highest BCUT2D eigenvalue weighted by Crippen LogP contribution is 2.36. The molecule has 1 atom stereocenters. The first-order chi connectivity index (χ1) is 16.4. The van der Waals surface area contributed by atoms with Crippen molar-refractivity contribution >= 4 is 28.7 Å². The molecule has 2 aromatic heterocycles. The van der Waals surface area contributed by atoms with Crippen LogP contribution in [0.3, 0.4) is 0 Å². The van der Waals surface area contributed by atoms with Gasteiger partial charge in [-0.2, -0.15) is 0 Å². The molecule has 34 heavy (non-hydrogen) atoms. The van der Waals surface area contributed by atoms with Crippen LogP contribution in [0.1, 0.15) is 24.7 Å². The molecule has 1 aromatic carbocycles. The van der Waals surface area contributed by atoms with Crippen LogP contribution in [0.5, 0.6) is 0 Å². The maximum absolute atomic E-state index is 12.8. The van der Waals surface area contributed by atoms with E-state index in [-0.39, 0.29) is 30.1 Å². The molecule has 2 amide bonds. The highest BCUT2D eigenvalue weighted by atomic mass is 16.5. The van der Waals surface area contributed by atoms with Gasteiger partial charge in [-0.05, 0) is 38.0 Å². The van der Waals surface area contributed by atoms with E-state index < -0.39 is 6.09 Å². The second kappa shape index (κ2) is 8.94. The molecule has 5 rings (SSSR count). The molecule has 0 bridgehead atoms. The topological polar surface area (TPSA) is 119 Å². The number of carbonyl (C=O) groups is 2. The van der Waals surface area contributed by atoms with Gasteiger partial charge in [0.15, 0.2) is 0 Å². The molecular weight excluding hydrogens is 438 g/mol. The zero-order valence-electron chi connectivity index (χ0n) is 18.9. The molecule has 0 saturated carbocycles. The number of aryl methyl sites for hydroxylation is 3.